The Morgan fingerprint density at radius 2 is 2.00 bits per heavy atom. The first-order chi connectivity index (χ1) is 8.22. The van der Waals surface area contributed by atoms with Crippen LogP contribution in [0.2, 0.25) is 0 Å². The zero-order chi connectivity index (χ0) is 12.3. The maximum Gasteiger partial charge on any atom is 0.409 e. The summed E-state index contributed by atoms with van der Waals surface area (Å²) in [6, 6.07) is 6.86. The predicted molar refractivity (Wildman–Crippen MR) is 62.4 cm³/mol. The van der Waals surface area contributed by atoms with E-state index in [-0.39, 0.29) is 17.8 Å². The monoisotopic (exact) mass is 237 g/mol. The minimum absolute atomic E-state index is 0.149. The zero-order valence-electron chi connectivity index (χ0n) is 9.86. The van der Waals surface area contributed by atoms with Crippen molar-refractivity contribution in [1.82, 2.24) is 4.90 Å². The van der Waals surface area contributed by atoms with Gasteiger partial charge in [0.05, 0.1) is 7.11 Å². The Bertz CT molecular complexity index is 400. The molecular weight excluding hydrogens is 221 g/mol. The highest BCUT2D eigenvalue weighted by atomic mass is 19.1. The van der Waals surface area contributed by atoms with E-state index >= 15 is 0 Å². The number of rotatable bonds is 1. The molecule has 2 rings (SSSR count). The lowest BCUT2D eigenvalue weighted by Gasteiger charge is -2.31. The van der Waals surface area contributed by atoms with Gasteiger partial charge in [-0.05, 0) is 30.4 Å². The SMILES string of the molecule is COC(=O)N1CCC(c2ccccc2F)CC1. The molecule has 1 fully saturated rings. The van der Waals surface area contributed by atoms with Crippen molar-refractivity contribution in [2.45, 2.75) is 18.8 Å². The molecule has 0 aromatic heterocycles. The molecule has 0 N–H and O–H groups in total. The van der Waals surface area contributed by atoms with E-state index in [1.54, 1.807) is 11.0 Å². The Morgan fingerprint density at radius 1 is 1.35 bits per heavy atom. The summed E-state index contributed by atoms with van der Waals surface area (Å²) < 4.78 is 18.3. The van der Waals surface area contributed by atoms with Crippen LogP contribution in [0, 0.1) is 5.82 Å². The Hall–Kier alpha value is -1.58. The zero-order valence-corrected chi connectivity index (χ0v) is 9.86. The van der Waals surface area contributed by atoms with Crippen LogP contribution in [-0.4, -0.2) is 31.2 Å². The lowest BCUT2D eigenvalue weighted by Crippen LogP contribution is -2.37. The van der Waals surface area contributed by atoms with Gasteiger partial charge in [-0.1, -0.05) is 18.2 Å². The number of hydrogen-bond acceptors (Lipinski definition) is 2. The van der Waals surface area contributed by atoms with Gasteiger partial charge in [0.25, 0.3) is 0 Å². The van der Waals surface area contributed by atoms with Crippen molar-refractivity contribution in [2.75, 3.05) is 20.2 Å². The second-order valence-corrected chi connectivity index (χ2v) is 4.25. The summed E-state index contributed by atoms with van der Waals surface area (Å²) in [4.78, 5) is 13.0. The van der Waals surface area contributed by atoms with Gasteiger partial charge in [-0.2, -0.15) is 0 Å². The molecule has 0 atom stereocenters. The minimum Gasteiger partial charge on any atom is -0.453 e. The minimum atomic E-state index is -0.294. The van der Waals surface area contributed by atoms with Crippen LogP contribution in [0.4, 0.5) is 9.18 Å². The van der Waals surface area contributed by atoms with Crippen molar-refractivity contribution in [3.05, 3.63) is 35.6 Å². The fourth-order valence-electron chi connectivity index (χ4n) is 2.31. The number of piperidine rings is 1. The number of nitrogens with zero attached hydrogens (tertiary/aromatic N) is 1. The Morgan fingerprint density at radius 3 is 2.59 bits per heavy atom. The normalized spacial score (nSPS) is 16.9. The van der Waals surface area contributed by atoms with Crippen molar-refractivity contribution >= 4 is 6.09 Å². The maximum absolute atomic E-state index is 13.6. The standard InChI is InChI=1S/C13H16FNO2/c1-17-13(16)15-8-6-10(7-9-15)11-4-2-3-5-12(11)14/h2-5,10H,6-9H2,1H3. The van der Waals surface area contributed by atoms with Crippen molar-refractivity contribution in [1.29, 1.82) is 0 Å². The number of hydrogen-bond donors (Lipinski definition) is 0. The third-order valence-electron chi connectivity index (χ3n) is 3.27. The number of amides is 1. The first-order valence-corrected chi connectivity index (χ1v) is 5.79. The molecule has 3 nitrogen and oxygen atoms in total. The summed E-state index contributed by atoms with van der Waals surface area (Å²) >= 11 is 0. The van der Waals surface area contributed by atoms with E-state index in [0.717, 1.165) is 18.4 Å². The van der Waals surface area contributed by atoms with Crippen LogP contribution in [0.1, 0.15) is 24.3 Å². The summed E-state index contributed by atoms with van der Waals surface area (Å²) in [6.07, 6.45) is 1.28. The maximum atomic E-state index is 13.6. The molecule has 4 heteroatoms. The molecule has 1 aliphatic rings. The molecule has 1 aromatic rings. The van der Waals surface area contributed by atoms with Crippen molar-refractivity contribution in [3.63, 3.8) is 0 Å². The van der Waals surface area contributed by atoms with E-state index < -0.39 is 0 Å². The topological polar surface area (TPSA) is 29.5 Å². The van der Waals surface area contributed by atoms with Gasteiger partial charge in [0.15, 0.2) is 0 Å². The van der Waals surface area contributed by atoms with Gasteiger partial charge in [0.2, 0.25) is 0 Å². The Kier molecular flexibility index (Phi) is 3.61. The van der Waals surface area contributed by atoms with E-state index in [9.17, 15) is 9.18 Å². The number of carbonyl (C=O) groups is 1. The number of carbonyl (C=O) groups excluding carboxylic acids is 1. The molecule has 1 amide bonds. The molecule has 1 aliphatic heterocycles. The molecule has 1 aromatic carbocycles. The van der Waals surface area contributed by atoms with Gasteiger partial charge in [-0.15, -0.1) is 0 Å². The first kappa shape index (κ1) is 11.9. The van der Waals surface area contributed by atoms with Crippen LogP contribution in [0.5, 0.6) is 0 Å². The molecule has 17 heavy (non-hydrogen) atoms. The molecule has 0 aliphatic carbocycles. The quantitative estimate of drug-likeness (QED) is 0.751. The van der Waals surface area contributed by atoms with E-state index in [0.29, 0.717) is 13.1 Å². The van der Waals surface area contributed by atoms with E-state index in [2.05, 4.69) is 4.74 Å². The molecule has 0 unspecified atom stereocenters. The highest BCUT2D eigenvalue weighted by Crippen LogP contribution is 2.29. The van der Waals surface area contributed by atoms with E-state index in [4.69, 9.17) is 0 Å². The predicted octanol–water partition coefficient (Wildman–Crippen LogP) is 2.77. The van der Waals surface area contributed by atoms with Crippen molar-refractivity contribution in [3.8, 4) is 0 Å². The molecular formula is C13H16FNO2. The van der Waals surface area contributed by atoms with Crippen LogP contribution in [0.3, 0.4) is 0 Å². The van der Waals surface area contributed by atoms with Crippen LogP contribution >= 0.6 is 0 Å². The van der Waals surface area contributed by atoms with E-state index in [1.807, 2.05) is 12.1 Å². The molecule has 92 valence electrons. The number of likely N-dealkylation sites (tertiary alicyclic amines) is 1. The van der Waals surface area contributed by atoms with Gasteiger partial charge in [-0.25, -0.2) is 9.18 Å². The molecule has 1 heterocycles. The molecule has 0 spiro atoms. The van der Waals surface area contributed by atoms with Crippen LogP contribution in [0.25, 0.3) is 0 Å². The third kappa shape index (κ3) is 2.57. The second-order valence-electron chi connectivity index (χ2n) is 4.25. The van der Waals surface area contributed by atoms with E-state index in [1.165, 1.54) is 13.2 Å². The fraction of sp³-hybridized carbons (Fsp3) is 0.462. The number of ether oxygens (including phenoxy) is 1. The fourth-order valence-corrected chi connectivity index (χ4v) is 2.31. The van der Waals surface area contributed by atoms with Crippen molar-refractivity contribution in [2.24, 2.45) is 0 Å². The van der Waals surface area contributed by atoms with Gasteiger partial charge in [0, 0.05) is 13.1 Å². The van der Waals surface area contributed by atoms with Gasteiger partial charge < -0.3 is 9.64 Å². The molecule has 0 bridgehead atoms. The Labute approximate surface area is 100 Å². The molecule has 0 saturated carbocycles. The largest absolute Gasteiger partial charge is 0.453 e. The second kappa shape index (κ2) is 5.17. The first-order valence-electron chi connectivity index (χ1n) is 5.79. The van der Waals surface area contributed by atoms with Crippen molar-refractivity contribution < 1.29 is 13.9 Å². The van der Waals surface area contributed by atoms with Gasteiger partial charge in [0.1, 0.15) is 5.82 Å². The number of methoxy groups -OCH3 is 1. The summed E-state index contributed by atoms with van der Waals surface area (Å²) in [5, 5.41) is 0. The highest BCUT2D eigenvalue weighted by molar-refractivity contribution is 5.67. The Balaban J connectivity index is 2.00. The highest BCUT2D eigenvalue weighted by Gasteiger charge is 2.25. The van der Waals surface area contributed by atoms with Crippen LogP contribution in [0.15, 0.2) is 24.3 Å². The van der Waals surface area contributed by atoms with Gasteiger partial charge in [-0.3, -0.25) is 0 Å². The summed E-state index contributed by atoms with van der Waals surface area (Å²) in [5.41, 5.74) is 0.761. The third-order valence-corrected chi connectivity index (χ3v) is 3.27. The smallest absolute Gasteiger partial charge is 0.409 e. The van der Waals surface area contributed by atoms with Crippen LogP contribution in [-0.2, 0) is 4.74 Å². The number of benzene rings is 1. The summed E-state index contributed by atoms with van der Waals surface area (Å²) in [6.45, 7) is 1.26. The summed E-state index contributed by atoms with van der Waals surface area (Å²) in [7, 11) is 1.38. The van der Waals surface area contributed by atoms with Crippen LogP contribution < -0.4 is 0 Å². The number of halogens is 1. The van der Waals surface area contributed by atoms with Gasteiger partial charge >= 0.3 is 6.09 Å². The lowest BCUT2D eigenvalue weighted by molar-refractivity contribution is 0.112. The lowest BCUT2D eigenvalue weighted by atomic mass is 9.89. The molecule has 0 radical (unpaired) electrons. The summed E-state index contributed by atoms with van der Waals surface area (Å²) in [5.74, 6) is 0.0566. The average Bonchev–Trinajstić information content (AvgIpc) is 2.39. The average molecular weight is 237 g/mol. The molecule has 1 saturated heterocycles.